The minimum Gasteiger partial charge on any atom is -0.383 e. The minimum atomic E-state index is 0.850. The van der Waals surface area contributed by atoms with Crippen molar-refractivity contribution in [2.75, 3.05) is 33.9 Å². The van der Waals surface area contributed by atoms with E-state index in [2.05, 4.69) is 18.9 Å². The molecule has 0 fully saturated rings. The van der Waals surface area contributed by atoms with Crippen LogP contribution in [-0.4, -0.2) is 38.8 Å². The molecular formula is C9H21NO. The highest BCUT2D eigenvalue weighted by Crippen LogP contribution is 1.95. The second kappa shape index (κ2) is 8.02. The van der Waals surface area contributed by atoms with E-state index in [4.69, 9.17) is 4.74 Å². The summed E-state index contributed by atoms with van der Waals surface area (Å²) >= 11 is 0. The van der Waals surface area contributed by atoms with E-state index < -0.39 is 0 Å². The van der Waals surface area contributed by atoms with Crippen molar-refractivity contribution in [1.29, 1.82) is 0 Å². The zero-order valence-electron chi connectivity index (χ0n) is 8.10. The molecule has 0 bridgehead atoms. The highest BCUT2D eigenvalue weighted by Gasteiger charge is 1.95. The fourth-order valence-corrected chi connectivity index (χ4v) is 0.991. The molecule has 0 spiro atoms. The first-order valence-electron chi connectivity index (χ1n) is 4.48. The Balaban J connectivity index is 3.02. The average Bonchev–Trinajstić information content (AvgIpc) is 2.01. The predicted molar refractivity (Wildman–Crippen MR) is 48.9 cm³/mol. The van der Waals surface area contributed by atoms with Crippen molar-refractivity contribution in [3.05, 3.63) is 0 Å². The van der Waals surface area contributed by atoms with Crippen molar-refractivity contribution in [3.63, 3.8) is 0 Å². The van der Waals surface area contributed by atoms with Crippen LogP contribution in [0.5, 0.6) is 0 Å². The maximum Gasteiger partial charge on any atom is 0.0589 e. The molecule has 0 aromatic carbocycles. The molecular weight excluding hydrogens is 138 g/mol. The summed E-state index contributed by atoms with van der Waals surface area (Å²) in [7, 11) is 3.90. The molecule has 0 aliphatic carbocycles. The normalized spacial score (nSPS) is 10.9. The van der Waals surface area contributed by atoms with Gasteiger partial charge in [-0.15, -0.1) is 0 Å². The van der Waals surface area contributed by atoms with Gasteiger partial charge >= 0.3 is 0 Å². The molecule has 0 amide bonds. The summed E-state index contributed by atoms with van der Waals surface area (Å²) in [5.41, 5.74) is 0. The Morgan fingerprint density at radius 1 is 1.18 bits per heavy atom. The smallest absolute Gasteiger partial charge is 0.0589 e. The van der Waals surface area contributed by atoms with Crippen molar-refractivity contribution in [3.8, 4) is 0 Å². The number of hydrogen-bond donors (Lipinski definition) is 0. The van der Waals surface area contributed by atoms with Crippen LogP contribution in [0.4, 0.5) is 0 Å². The van der Waals surface area contributed by atoms with E-state index in [-0.39, 0.29) is 0 Å². The van der Waals surface area contributed by atoms with Crippen molar-refractivity contribution in [2.45, 2.75) is 26.2 Å². The minimum absolute atomic E-state index is 0.850. The van der Waals surface area contributed by atoms with Gasteiger partial charge in [-0.2, -0.15) is 0 Å². The van der Waals surface area contributed by atoms with Gasteiger partial charge in [0.15, 0.2) is 0 Å². The maximum atomic E-state index is 4.98. The lowest BCUT2D eigenvalue weighted by Crippen LogP contribution is -2.23. The lowest BCUT2D eigenvalue weighted by molar-refractivity contribution is 0.160. The summed E-state index contributed by atoms with van der Waals surface area (Å²) < 4.78 is 4.98. The van der Waals surface area contributed by atoms with Gasteiger partial charge in [0.2, 0.25) is 0 Å². The van der Waals surface area contributed by atoms with Crippen LogP contribution < -0.4 is 0 Å². The van der Waals surface area contributed by atoms with Crippen molar-refractivity contribution in [1.82, 2.24) is 4.90 Å². The third-order valence-corrected chi connectivity index (χ3v) is 1.82. The fraction of sp³-hybridized carbons (Fsp3) is 1.00. The van der Waals surface area contributed by atoms with E-state index in [1.54, 1.807) is 7.11 Å². The van der Waals surface area contributed by atoms with Gasteiger partial charge in [0, 0.05) is 13.7 Å². The Hall–Kier alpha value is -0.0800. The van der Waals surface area contributed by atoms with Gasteiger partial charge in [-0.3, -0.25) is 0 Å². The molecule has 68 valence electrons. The van der Waals surface area contributed by atoms with E-state index in [1.165, 1.54) is 25.8 Å². The lowest BCUT2D eigenvalue weighted by atomic mass is 10.2. The van der Waals surface area contributed by atoms with Crippen LogP contribution in [0.3, 0.4) is 0 Å². The molecule has 0 aromatic rings. The summed E-state index contributed by atoms with van der Waals surface area (Å²) in [5.74, 6) is 0. The second-order valence-corrected chi connectivity index (χ2v) is 3.00. The molecule has 0 unspecified atom stereocenters. The number of nitrogens with zero attached hydrogens (tertiary/aromatic N) is 1. The maximum absolute atomic E-state index is 4.98. The zero-order chi connectivity index (χ0) is 8.53. The molecule has 11 heavy (non-hydrogen) atoms. The largest absolute Gasteiger partial charge is 0.383 e. The van der Waals surface area contributed by atoms with Gasteiger partial charge in [-0.05, 0) is 20.0 Å². The van der Waals surface area contributed by atoms with Crippen LogP contribution in [0, 0.1) is 0 Å². The molecule has 0 aromatic heterocycles. The highest BCUT2D eigenvalue weighted by atomic mass is 16.5. The molecule has 0 radical (unpaired) electrons. The van der Waals surface area contributed by atoms with Gasteiger partial charge < -0.3 is 9.64 Å². The van der Waals surface area contributed by atoms with Gasteiger partial charge in [0.05, 0.1) is 6.61 Å². The summed E-state index contributed by atoms with van der Waals surface area (Å²) in [6.07, 6.45) is 3.96. The Morgan fingerprint density at radius 3 is 2.45 bits per heavy atom. The SMILES string of the molecule is CCCCCN(C)CCOC. The Labute approximate surface area is 70.5 Å². The van der Waals surface area contributed by atoms with Gasteiger partial charge in [0.1, 0.15) is 0 Å². The zero-order valence-corrected chi connectivity index (χ0v) is 8.10. The Morgan fingerprint density at radius 2 is 1.91 bits per heavy atom. The summed E-state index contributed by atoms with van der Waals surface area (Å²) in [5, 5.41) is 0. The molecule has 0 aliphatic rings. The first kappa shape index (κ1) is 10.9. The first-order valence-corrected chi connectivity index (χ1v) is 4.48. The first-order chi connectivity index (χ1) is 5.31. The van der Waals surface area contributed by atoms with Crippen molar-refractivity contribution in [2.24, 2.45) is 0 Å². The van der Waals surface area contributed by atoms with Crippen LogP contribution in [0.1, 0.15) is 26.2 Å². The van der Waals surface area contributed by atoms with Gasteiger partial charge in [-0.1, -0.05) is 19.8 Å². The number of unbranched alkanes of at least 4 members (excludes halogenated alkanes) is 2. The monoisotopic (exact) mass is 159 g/mol. The molecule has 0 atom stereocenters. The van der Waals surface area contributed by atoms with E-state index in [9.17, 15) is 0 Å². The van der Waals surface area contributed by atoms with Gasteiger partial charge in [-0.25, -0.2) is 0 Å². The molecule has 2 nitrogen and oxygen atoms in total. The molecule has 0 rings (SSSR count). The fourth-order valence-electron chi connectivity index (χ4n) is 0.991. The number of hydrogen-bond acceptors (Lipinski definition) is 2. The molecule has 2 heteroatoms. The third-order valence-electron chi connectivity index (χ3n) is 1.82. The quantitative estimate of drug-likeness (QED) is 0.525. The standard InChI is InChI=1S/C9H21NO/c1-4-5-6-7-10(2)8-9-11-3/h4-9H2,1-3H3. The van der Waals surface area contributed by atoms with Crippen LogP contribution in [0.2, 0.25) is 0 Å². The topological polar surface area (TPSA) is 12.5 Å². The van der Waals surface area contributed by atoms with E-state index >= 15 is 0 Å². The van der Waals surface area contributed by atoms with E-state index in [1.807, 2.05) is 0 Å². The predicted octanol–water partition coefficient (Wildman–Crippen LogP) is 1.75. The van der Waals surface area contributed by atoms with Crippen LogP contribution in [0.25, 0.3) is 0 Å². The van der Waals surface area contributed by atoms with Gasteiger partial charge in [0.25, 0.3) is 0 Å². The van der Waals surface area contributed by atoms with Crippen LogP contribution in [-0.2, 0) is 4.74 Å². The number of rotatable bonds is 7. The van der Waals surface area contributed by atoms with E-state index in [0.29, 0.717) is 0 Å². The molecule has 0 aliphatic heterocycles. The number of methoxy groups -OCH3 is 1. The molecule has 0 saturated heterocycles. The molecule has 0 N–H and O–H groups in total. The number of likely N-dealkylation sites (N-methyl/N-ethyl adjacent to an activating group) is 1. The summed E-state index contributed by atoms with van der Waals surface area (Å²) in [4.78, 5) is 2.32. The highest BCUT2D eigenvalue weighted by molar-refractivity contribution is 4.50. The Kier molecular flexibility index (Phi) is 7.96. The van der Waals surface area contributed by atoms with E-state index in [0.717, 1.165) is 13.2 Å². The number of ether oxygens (including phenoxy) is 1. The van der Waals surface area contributed by atoms with Crippen molar-refractivity contribution >= 4 is 0 Å². The second-order valence-electron chi connectivity index (χ2n) is 3.00. The van der Waals surface area contributed by atoms with Crippen molar-refractivity contribution < 1.29 is 4.74 Å². The summed E-state index contributed by atoms with van der Waals surface area (Å²) in [6.45, 7) is 5.34. The lowest BCUT2D eigenvalue weighted by Gasteiger charge is -2.14. The molecule has 0 saturated carbocycles. The summed E-state index contributed by atoms with van der Waals surface area (Å²) in [6, 6.07) is 0. The average molecular weight is 159 g/mol. The van der Waals surface area contributed by atoms with Crippen LogP contribution >= 0.6 is 0 Å². The third kappa shape index (κ3) is 7.82. The Bertz CT molecular complexity index is 76.0. The molecule has 0 heterocycles. The van der Waals surface area contributed by atoms with Crippen LogP contribution in [0.15, 0.2) is 0 Å².